The third-order valence-electron chi connectivity index (χ3n) is 4.19. The third-order valence-corrected chi connectivity index (χ3v) is 4.19. The van der Waals surface area contributed by atoms with Gasteiger partial charge in [-0.3, -0.25) is 0 Å². The van der Waals surface area contributed by atoms with Gasteiger partial charge in [-0.15, -0.1) is 0 Å². The van der Waals surface area contributed by atoms with Crippen molar-refractivity contribution in [2.75, 3.05) is 11.9 Å². The molecule has 1 aliphatic carbocycles. The molecular formula is C16H22N4. The molecule has 0 saturated heterocycles. The Morgan fingerprint density at radius 2 is 1.75 bits per heavy atom. The molecule has 1 saturated carbocycles. The second-order valence-corrected chi connectivity index (χ2v) is 5.81. The number of rotatable bonds is 3. The van der Waals surface area contributed by atoms with Crippen LogP contribution in [0.15, 0.2) is 24.3 Å². The summed E-state index contributed by atoms with van der Waals surface area (Å²) in [6.07, 6.45) is 4.73. The highest BCUT2D eigenvalue weighted by molar-refractivity contribution is 5.76. The van der Waals surface area contributed by atoms with E-state index < -0.39 is 0 Å². The smallest absolute Gasteiger partial charge is 0.148 e. The molecule has 0 radical (unpaired) electrons. The summed E-state index contributed by atoms with van der Waals surface area (Å²) in [6, 6.07) is 8.41. The summed E-state index contributed by atoms with van der Waals surface area (Å²) in [5, 5.41) is 3.48. The largest absolute Gasteiger partial charge is 0.368 e. The van der Waals surface area contributed by atoms with Crippen molar-refractivity contribution < 1.29 is 0 Å². The van der Waals surface area contributed by atoms with E-state index in [9.17, 15) is 0 Å². The molecule has 1 aliphatic rings. The van der Waals surface area contributed by atoms with Crippen LogP contribution in [-0.4, -0.2) is 22.6 Å². The Morgan fingerprint density at radius 3 is 2.45 bits per heavy atom. The Bertz CT molecular complexity index is 588. The molecule has 1 aromatic heterocycles. The van der Waals surface area contributed by atoms with Crippen LogP contribution in [0.1, 0.15) is 31.4 Å². The van der Waals surface area contributed by atoms with E-state index in [2.05, 4.69) is 15.3 Å². The predicted octanol–water partition coefficient (Wildman–Crippen LogP) is 2.87. The van der Waals surface area contributed by atoms with Crippen molar-refractivity contribution in [2.45, 2.75) is 38.6 Å². The minimum Gasteiger partial charge on any atom is -0.368 e. The summed E-state index contributed by atoms with van der Waals surface area (Å²) in [7, 11) is 0. The monoisotopic (exact) mass is 270 g/mol. The number of nitrogens with zero attached hydrogens (tertiary/aromatic N) is 2. The van der Waals surface area contributed by atoms with Crippen LogP contribution in [0.2, 0.25) is 0 Å². The summed E-state index contributed by atoms with van der Waals surface area (Å²) in [5.41, 5.74) is 8.82. The maximum Gasteiger partial charge on any atom is 0.148 e. The minimum atomic E-state index is 0.411. The lowest BCUT2D eigenvalue weighted by Crippen LogP contribution is -2.29. The van der Waals surface area contributed by atoms with Gasteiger partial charge >= 0.3 is 0 Å². The number of anilines is 1. The first-order valence-corrected chi connectivity index (χ1v) is 7.45. The fourth-order valence-electron chi connectivity index (χ4n) is 2.89. The molecular weight excluding hydrogens is 248 g/mol. The number of fused-ring (bicyclic) bond motifs is 1. The predicted molar refractivity (Wildman–Crippen MR) is 82.7 cm³/mol. The quantitative estimate of drug-likeness (QED) is 0.900. The number of hydrogen-bond acceptors (Lipinski definition) is 4. The van der Waals surface area contributed by atoms with E-state index in [1.165, 1.54) is 12.8 Å². The topological polar surface area (TPSA) is 63.8 Å². The van der Waals surface area contributed by atoms with Crippen molar-refractivity contribution in [1.82, 2.24) is 9.97 Å². The average molecular weight is 270 g/mol. The second-order valence-electron chi connectivity index (χ2n) is 5.81. The van der Waals surface area contributed by atoms with E-state index in [0.29, 0.717) is 12.0 Å². The highest BCUT2D eigenvalue weighted by Gasteiger charge is 2.18. The lowest BCUT2D eigenvalue weighted by Gasteiger charge is -2.26. The Balaban J connectivity index is 1.69. The molecule has 0 bridgehead atoms. The Hall–Kier alpha value is -1.68. The van der Waals surface area contributed by atoms with E-state index >= 15 is 0 Å². The molecule has 4 heteroatoms. The van der Waals surface area contributed by atoms with E-state index in [1.807, 2.05) is 31.2 Å². The number of hydrogen-bond donors (Lipinski definition) is 2. The number of benzene rings is 1. The van der Waals surface area contributed by atoms with Crippen LogP contribution in [0.4, 0.5) is 5.82 Å². The van der Waals surface area contributed by atoms with Gasteiger partial charge < -0.3 is 11.1 Å². The first-order chi connectivity index (χ1) is 9.72. The molecule has 106 valence electrons. The molecule has 1 aromatic carbocycles. The van der Waals surface area contributed by atoms with Crippen molar-refractivity contribution in [1.29, 1.82) is 0 Å². The van der Waals surface area contributed by atoms with E-state index in [1.54, 1.807) is 0 Å². The van der Waals surface area contributed by atoms with E-state index in [4.69, 9.17) is 5.73 Å². The Labute approximate surface area is 119 Å². The van der Waals surface area contributed by atoms with Gasteiger partial charge in [0, 0.05) is 12.6 Å². The van der Waals surface area contributed by atoms with Gasteiger partial charge in [0.2, 0.25) is 0 Å². The summed E-state index contributed by atoms with van der Waals surface area (Å²) in [5.74, 6) is 1.63. The second kappa shape index (κ2) is 5.75. The molecule has 0 amide bonds. The average Bonchev–Trinajstić information content (AvgIpc) is 2.47. The SMILES string of the molecule is Cc1nc2ccccc2nc1NCC1CCC(N)CC1. The highest BCUT2D eigenvalue weighted by atomic mass is 15.0. The van der Waals surface area contributed by atoms with Gasteiger partial charge in [-0.1, -0.05) is 12.1 Å². The number of aromatic nitrogens is 2. The van der Waals surface area contributed by atoms with Gasteiger partial charge in [-0.2, -0.15) is 0 Å². The van der Waals surface area contributed by atoms with Gasteiger partial charge in [0.1, 0.15) is 5.82 Å². The van der Waals surface area contributed by atoms with Gasteiger partial charge in [-0.05, 0) is 50.7 Å². The zero-order valence-corrected chi connectivity index (χ0v) is 12.0. The molecule has 1 fully saturated rings. The molecule has 1 heterocycles. The van der Waals surface area contributed by atoms with Crippen LogP contribution in [-0.2, 0) is 0 Å². The molecule has 4 nitrogen and oxygen atoms in total. The van der Waals surface area contributed by atoms with Crippen LogP contribution in [0.3, 0.4) is 0 Å². The molecule has 2 aromatic rings. The van der Waals surface area contributed by atoms with Crippen molar-refractivity contribution in [2.24, 2.45) is 11.7 Å². The lowest BCUT2D eigenvalue weighted by molar-refractivity contribution is 0.338. The van der Waals surface area contributed by atoms with Crippen LogP contribution < -0.4 is 11.1 Å². The van der Waals surface area contributed by atoms with Crippen LogP contribution in [0, 0.1) is 12.8 Å². The molecule has 0 aliphatic heterocycles. The van der Waals surface area contributed by atoms with Crippen LogP contribution in [0.25, 0.3) is 11.0 Å². The van der Waals surface area contributed by atoms with Gasteiger partial charge in [0.25, 0.3) is 0 Å². The zero-order chi connectivity index (χ0) is 13.9. The first kappa shape index (κ1) is 13.3. The van der Waals surface area contributed by atoms with Gasteiger partial charge in [0.05, 0.1) is 16.7 Å². The highest BCUT2D eigenvalue weighted by Crippen LogP contribution is 2.24. The fraction of sp³-hybridized carbons (Fsp3) is 0.500. The molecule has 3 rings (SSSR count). The Morgan fingerprint density at radius 1 is 1.10 bits per heavy atom. The summed E-state index contributed by atoms with van der Waals surface area (Å²) < 4.78 is 0. The number of nitrogens with one attached hydrogen (secondary N) is 1. The number of nitrogens with two attached hydrogens (primary N) is 1. The normalized spacial score (nSPS) is 22.9. The number of para-hydroxylation sites is 2. The summed E-state index contributed by atoms with van der Waals surface area (Å²) in [4.78, 5) is 9.28. The van der Waals surface area contributed by atoms with Crippen molar-refractivity contribution in [3.8, 4) is 0 Å². The van der Waals surface area contributed by atoms with Crippen molar-refractivity contribution in [3.63, 3.8) is 0 Å². The third kappa shape index (κ3) is 2.90. The van der Waals surface area contributed by atoms with Gasteiger partial charge in [-0.25, -0.2) is 9.97 Å². The fourth-order valence-corrected chi connectivity index (χ4v) is 2.89. The molecule has 0 spiro atoms. The molecule has 3 N–H and O–H groups in total. The van der Waals surface area contributed by atoms with E-state index in [-0.39, 0.29) is 0 Å². The van der Waals surface area contributed by atoms with Crippen molar-refractivity contribution in [3.05, 3.63) is 30.0 Å². The van der Waals surface area contributed by atoms with Crippen molar-refractivity contribution >= 4 is 16.9 Å². The Kier molecular flexibility index (Phi) is 3.83. The van der Waals surface area contributed by atoms with E-state index in [0.717, 1.165) is 41.9 Å². The lowest BCUT2D eigenvalue weighted by atomic mass is 9.86. The molecule has 0 atom stereocenters. The minimum absolute atomic E-state index is 0.411. The van der Waals surface area contributed by atoms with Crippen LogP contribution in [0.5, 0.6) is 0 Å². The van der Waals surface area contributed by atoms with Crippen LogP contribution >= 0.6 is 0 Å². The maximum atomic E-state index is 5.95. The molecule has 20 heavy (non-hydrogen) atoms. The number of aryl methyl sites for hydroxylation is 1. The maximum absolute atomic E-state index is 5.95. The first-order valence-electron chi connectivity index (χ1n) is 7.45. The summed E-state index contributed by atoms with van der Waals surface area (Å²) >= 11 is 0. The zero-order valence-electron chi connectivity index (χ0n) is 12.0. The summed E-state index contributed by atoms with van der Waals surface area (Å²) in [6.45, 7) is 2.99. The standard InChI is InChI=1S/C16H22N4/c1-11-16(18-10-12-6-8-13(17)9-7-12)20-15-5-3-2-4-14(15)19-11/h2-5,12-13H,6-10,17H2,1H3,(H,18,20). The molecule has 0 unspecified atom stereocenters. The van der Waals surface area contributed by atoms with Gasteiger partial charge in [0.15, 0.2) is 0 Å².